The van der Waals surface area contributed by atoms with E-state index in [0.717, 1.165) is 10.5 Å². The van der Waals surface area contributed by atoms with E-state index in [1.54, 1.807) is 43.0 Å². The second-order valence-corrected chi connectivity index (χ2v) is 11.1. The zero-order valence-corrected chi connectivity index (χ0v) is 19.8. The highest BCUT2D eigenvalue weighted by atomic mass is 32.2. The minimum atomic E-state index is -3.80. The van der Waals surface area contributed by atoms with Crippen LogP contribution in [0.2, 0.25) is 0 Å². The van der Waals surface area contributed by atoms with E-state index in [2.05, 4.69) is 32.9 Å². The lowest BCUT2D eigenvalue weighted by Crippen LogP contribution is -2.41. The molecule has 0 N–H and O–H groups in total. The van der Waals surface area contributed by atoms with Gasteiger partial charge in [-0.2, -0.15) is 4.31 Å². The maximum absolute atomic E-state index is 13.4. The molecule has 1 fully saturated rings. The van der Waals surface area contributed by atoms with E-state index >= 15 is 0 Å². The number of carbonyl (C=O) groups is 1. The lowest BCUT2D eigenvalue weighted by atomic mass is 10.1. The molecule has 1 aliphatic rings. The predicted molar refractivity (Wildman–Crippen MR) is 120 cm³/mol. The maximum atomic E-state index is 13.4. The first-order chi connectivity index (χ1) is 14.1. The van der Waals surface area contributed by atoms with Crippen molar-refractivity contribution >= 4 is 27.8 Å². The quantitative estimate of drug-likeness (QED) is 0.614. The molecule has 1 heterocycles. The summed E-state index contributed by atoms with van der Waals surface area (Å²) >= 11 is 1.66. The van der Waals surface area contributed by atoms with Crippen molar-refractivity contribution in [1.29, 1.82) is 0 Å². The Bertz CT molecular complexity index is 1010. The van der Waals surface area contributed by atoms with Gasteiger partial charge in [0, 0.05) is 16.7 Å². The topological polar surface area (TPSA) is 63.7 Å². The highest BCUT2D eigenvalue weighted by molar-refractivity contribution is 8.00. The summed E-state index contributed by atoms with van der Waals surface area (Å²) in [7, 11) is -3.80. The molecule has 7 heteroatoms. The molecule has 1 aliphatic heterocycles. The number of hydrogen-bond acceptors (Lipinski definition) is 5. The molecular formula is C23H29NO4S2. The minimum absolute atomic E-state index is 0.0280. The van der Waals surface area contributed by atoms with Crippen molar-refractivity contribution in [2.24, 2.45) is 0 Å². The van der Waals surface area contributed by atoms with E-state index in [4.69, 9.17) is 4.74 Å². The van der Waals surface area contributed by atoms with Crippen molar-refractivity contribution in [3.8, 4) is 0 Å². The first kappa shape index (κ1) is 22.8. The lowest BCUT2D eigenvalue weighted by Gasteiger charge is -2.22. The fraction of sp³-hybridized carbons (Fsp3) is 0.435. The molecule has 162 valence electrons. The number of sulfonamides is 1. The molecule has 0 spiro atoms. The smallest absolute Gasteiger partial charge is 0.324 e. The van der Waals surface area contributed by atoms with Crippen LogP contribution in [0.1, 0.15) is 35.6 Å². The van der Waals surface area contributed by atoms with Gasteiger partial charge in [0.25, 0.3) is 0 Å². The molecule has 0 aromatic heterocycles. The van der Waals surface area contributed by atoms with Crippen LogP contribution < -0.4 is 0 Å². The van der Waals surface area contributed by atoms with Crippen molar-refractivity contribution in [1.82, 2.24) is 4.31 Å². The van der Waals surface area contributed by atoms with Gasteiger partial charge >= 0.3 is 5.97 Å². The number of carbonyl (C=O) groups excluding carboxylic acids is 1. The molecule has 0 saturated carbocycles. The number of aryl methyl sites for hydroxylation is 4. The summed E-state index contributed by atoms with van der Waals surface area (Å²) in [6, 6.07) is 10.2. The van der Waals surface area contributed by atoms with Gasteiger partial charge < -0.3 is 4.74 Å². The summed E-state index contributed by atoms with van der Waals surface area (Å²) in [4.78, 5) is 14.0. The third-order valence-corrected chi connectivity index (χ3v) is 8.74. The van der Waals surface area contributed by atoms with Crippen LogP contribution in [0.25, 0.3) is 0 Å². The second-order valence-electron chi connectivity index (χ2n) is 7.86. The molecule has 30 heavy (non-hydrogen) atoms. The number of esters is 1. The molecule has 2 aromatic rings. The first-order valence-corrected chi connectivity index (χ1v) is 12.4. The second kappa shape index (κ2) is 9.12. The van der Waals surface area contributed by atoms with Gasteiger partial charge in [-0.15, -0.1) is 11.8 Å². The fourth-order valence-corrected chi connectivity index (χ4v) is 7.00. The highest BCUT2D eigenvalue weighted by Crippen LogP contribution is 2.39. The van der Waals surface area contributed by atoms with Crippen molar-refractivity contribution < 1.29 is 17.9 Å². The van der Waals surface area contributed by atoms with E-state index in [9.17, 15) is 13.2 Å². The van der Waals surface area contributed by atoms with Crippen LogP contribution in [-0.4, -0.2) is 43.1 Å². The highest BCUT2D eigenvalue weighted by Gasteiger charge is 2.45. The van der Waals surface area contributed by atoms with Crippen LogP contribution >= 0.6 is 11.8 Å². The third kappa shape index (κ3) is 4.74. The maximum Gasteiger partial charge on any atom is 0.324 e. The van der Waals surface area contributed by atoms with E-state index in [-0.39, 0.29) is 23.3 Å². The number of hydrogen-bond donors (Lipinski definition) is 0. The SMILES string of the molecule is CCOC(=O)C1CC(Sc2c(C)cc(C)cc2C)CN1S(=O)(=O)c1ccc(C)cc1. The fourth-order valence-electron chi connectivity index (χ4n) is 3.94. The van der Waals surface area contributed by atoms with E-state index in [1.165, 1.54) is 21.0 Å². The first-order valence-electron chi connectivity index (χ1n) is 10.1. The standard InChI is InChI=1S/C23H29NO4S2/c1-6-28-23(25)21-13-19(29-22-17(4)11-16(3)12-18(22)5)14-24(21)30(26,27)20-9-7-15(2)8-10-20/h7-12,19,21H,6,13-14H2,1-5H3. The van der Waals surface area contributed by atoms with Gasteiger partial charge in [0.15, 0.2) is 0 Å². The number of thioether (sulfide) groups is 1. The molecular weight excluding hydrogens is 418 g/mol. The van der Waals surface area contributed by atoms with Gasteiger partial charge in [0.1, 0.15) is 6.04 Å². The van der Waals surface area contributed by atoms with Gasteiger partial charge in [0.05, 0.1) is 11.5 Å². The average Bonchev–Trinajstić information content (AvgIpc) is 3.10. The Labute approximate surface area is 183 Å². The Morgan fingerprint density at radius 2 is 1.67 bits per heavy atom. The molecule has 2 atom stereocenters. The van der Waals surface area contributed by atoms with E-state index < -0.39 is 22.0 Å². The molecule has 0 radical (unpaired) electrons. The van der Waals surface area contributed by atoms with Gasteiger partial charge in [-0.3, -0.25) is 4.79 Å². The summed E-state index contributed by atoms with van der Waals surface area (Å²) in [5.41, 5.74) is 4.53. The van der Waals surface area contributed by atoms with Gasteiger partial charge in [-0.1, -0.05) is 35.4 Å². The van der Waals surface area contributed by atoms with Gasteiger partial charge in [-0.05, 0) is 64.3 Å². The Morgan fingerprint density at radius 1 is 1.07 bits per heavy atom. The Hall–Kier alpha value is -1.83. The van der Waals surface area contributed by atoms with Crippen molar-refractivity contribution in [3.05, 3.63) is 58.7 Å². The Morgan fingerprint density at radius 3 is 2.23 bits per heavy atom. The number of rotatable bonds is 6. The summed E-state index contributed by atoms with van der Waals surface area (Å²) in [5, 5.41) is -0.0280. The van der Waals surface area contributed by atoms with Crippen LogP contribution in [-0.2, 0) is 19.6 Å². The Kier molecular flexibility index (Phi) is 6.95. The summed E-state index contributed by atoms with van der Waals surface area (Å²) in [5.74, 6) is -0.478. The van der Waals surface area contributed by atoms with E-state index in [1.807, 2.05) is 6.92 Å². The summed E-state index contributed by atoms with van der Waals surface area (Å²) in [6.07, 6.45) is 0.432. The number of ether oxygens (including phenoxy) is 1. The molecule has 1 saturated heterocycles. The van der Waals surface area contributed by atoms with Crippen molar-refractivity contribution in [3.63, 3.8) is 0 Å². The monoisotopic (exact) mass is 447 g/mol. The predicted octanol–water partition coefficient (Wildman–Crippen LogP) is 4.41. The van der Waals surface area contributed by atoms with E-state index in [0.29, 0.717) is 6.42 Å². The normalized spacial score (nSPS) is 19.8. The lowest BCUT2D eigenvalue weighted by molar-refractivity contribution is -0.146. The van der Waals surface area contributed by atoms with Crippen LogP contribution in [0, 0.1) is 27.7 Å². The zero-order chi connectivity index (χ0) is 22.1. The molecule has 2 unspecified atom stereocenters. The van der Waals surface area contributed by atoms with Crippen molar-refractivity contribution in [2.75, 3.05) is 13.2 Å². The van der Waals surface area contributed by atoms with Crippen LogP contribution in [0.15, 0.2) is 46.2 Å². The summed E-state index contributed by atoms with van der Waals surface area (Å²) < 4.78 is 33.2. The minimum Gasteiger partial charge on any atom is -0.465 e. The molecule has 3 rings (SSSR count). The zero-order valence-electron chi connectivity index (χ0n) is 18.1. The molecule has 0 aliphatic carbocycles. The molecule has 5 nitrogen and oxygen atoms in total. The largest absolute Gasteiger partial charge is 0.465 e. The molecule has 0 bridgehead atoms. The molecule has 0 amide bonds. The van der Waals surface area contributed by atoms with Crippen LogP contribution in [0.5, 0.6) is 0 Å². The van der Waals surface area contributed by atoms with Crippen LogP contribution in [0.3, 0.4) is 0 Å². The third-order valence-electron chi connectivity index (χ3n) is 5.29. The molecule has 2 aromatic carbocycles. The Balaban J connectivity index is 1.92. The average molecular weight is 448 g/mol. The summed E-state index contributed by atoms with van der Waals surface area (Å²) in [6.45, 7) is 10.3. The number of benzene rings is 2. The van der Waals surface area contributed by atoms with Crippen molar-refractivity contribution in [2.45, 2.75) is 62.1 Å². The van der Waals surface area contributed by atoms with Gasteiger partial charge in [0.2, 0.25) is 10.0 Å². The van der Waals surface area contributed by atoms with Crippen LogP contribution in [0.4, 0.5) is 0 Å². The van der Waals surface area contributed by atoms with Gasteiger partial charge in [-0.25, -0.2) is 8.42 Å². The number of nitrogens with zero attached hydrogens (tertiary/aromatic N) is 1.